The molecule has 3 heterocycles. The monoisotopic (exact) mass is 347 g/mol. The highest BCUT2D eigenvalue weighted by Crippen LogP contribution is 2.26. The first kappa shape index (κ1) is 16.5. The number of rotatable bonds is 0. The molecule has 0 N–H and O–H groups in total. The van der Waals surface area contributed by atoms with Crippen molar-refractivity contribution in [3.63, 3.8) is 0 Å². The van der Waals surface area contributed by atoms with Gasteiger partial charge in [-0.1, -0.05) is 12.0 Å². The van der Waals surface area contributed by atoms with E-state index in [1.165, 1.54) is 0 Å². The lowest BCUT2D eigenvalue weighted by atomic mass is 10.00. The SMILES string of the molecule is C[C@]1(F)CCc2nc3cc(C#Cc4ccccn4)ccc3c(=O)n2CC1. The Hall–Kier alpha value is -3.00. The van der Waals surface area contributed by atoms with E-state index in [1.54, 1.807) is 23.8 Å². The molecule has 0 fully saturated rings. The van der Waals surface area contributed by atoms with Crippen LogP contribution in [0.25, 0.3) is 10.9 Å². The zero-order chi connectivity index (χ0) is 18.1. The molecule has 5 heteroatoms. The number of hydrogen-bond acceptors (Lipinski definition) is 3. The Kier molecular flexibility index (Phi) is 4.04. The number of nitrogens with zero attached hydrogens (tertiary/aromatic N) is 3. The average Bonchev–Trinajstić information content (AvgIpc) is 2.79. The Morgan fingerprint density at radius 1 is 1.19 bits per heavy atom. The minimum atomic E-state index is -1.26. The highest BCUT2D eigenvalue weighted by atomic mass is 19.1. The van der Waals surface area contributed by atoms with E-state index < -0.39 is 5.67 Å². The van der Waals surface area contributed by atoms with Crippen molar-refractivity contribution in [2.75, 3.05) is 0 Å². The fraction of sp³-hybridized carbons (Fsp3) is 0.286. The molecule has 4 rings (SSSR count). The molecule has 1 aliphatic heterocycles. The van der Waals surface area contributed by atoms with Gasteiger partial charge in [-0.05, 0) is 56.0 Å². The summed E-state index contributed by atoms with van der Waals surface area (Å²) in [6.07, 6.45) is 2.87. The number of fused-ring (bicyclic) bond motifs is 2. The number of benzene rings is 1. The summed E-state index contributed by atoms with van der Waals surface area (Å²) in [7, 11) is 0. The Morgan fingerprint density at radius 3 is 2.88 bits per heavy atom. The molecule has 3 aromatic rings. The van der Waals surface area contributed by atoms with Crippen LogP contribution in [0.3, 0.4) is 0 Å². The normalized spacial score (nSPS) is 19.3. The van der Waals surface area contributed by atoms with Gasteiger partial charge in [-0.25, -0.2) is 14.4 Å². The molecule has 0 aliphatic carbocycles. The average molecular weight is 347 g/mol. The number of pyridine rings is 1. The first-order chi connectivity index (χ1) is 12.5. The Labute approximate surface area is 150 Å². The number of aryl methyl sites for hydroxylation is 1. The molecule has 0 radical (unpaired) electrons. The van der Waals surface area contributed by atoms with Crippen LogP contribution in [-0.4, -0.2) is 20.2 Å². The molecule has 1 aliphatic rings. The van der Waals surface area contributed by atoms with E-state index >= 15 is 0 Å². The molecule has 2 aromatic heterocycles. The van der Waals surface area contributed by atoms with Crippen molar-refractivity contribution < 1.29 is 4.39 Å². The molecule has 0 saturated carbocycles. The van der Waals surface area contributed by atoms with Crippen LogP contribution in [0.2, 0.25) is 0 Å². The molecule has 26 heavy (non-hydrogen) atoms. The van der Waals surface area contributed by atoms with Crippen molar-refractivity contribution in [2.45, 2.75) is 38.4 Å². The van der Waals surface area contributed by atoms with Crippen molar-refractivity contribution in [1.82, 2.24) is 14.5 Å². The number of halogens is 1. The second-order valence-corrected chi connectivity index (χ2v) is 6.85. The molecule has 1 atom stereocenters. The third-order valence-electron chi connectivity index (χ3n) is 4.76. The summed E-state index contributed by atoms with van der Waals surface area (Å²) in [5, 5.41) is 0.541. The number of alkyl halides is 1. The molecule has 1 aromatic carbocycles. The molecule has 0 spiro atoms. The molecular weight excluding hydrogens is 329 g/mol. The predicted octanol–water partition coefficient (Wildman–Crippen LogP) is 3.26. The summed E-state index contributed by atoms with van der Waals surface area (Å²) >= 11 is 0. The summed E-state index contributed by atoms with van der Waals surface area (Å²) in [5.74, 6) is 6.71. The topological polar surface area (TPSA) is 47.8 Å². The van der Waals surface area contributed by atoms with Crippen LogP contribution in [0, 0.1) is 11.8 Å². The molecule has 0 saturated heterocycles. The molecule has 0 bridgehead atoms. The van der Waals surface area contributed by atoms with E-state index in [-0.39, 0.29) is 5.56 Å². The lowest BCUT2D eigenvalue weighted by Crippen LogP contribution is -2.25. The summed E-state index contributed by atoms with van der Waals surface area (Å²) in [6, 6.07) is 10.9. The van der Waals surface area contributed by atoms with E-state index in [9.17, 15) is 9.18 Å². The van der Waals surface area contributed by atoms with Crippen LogP contribution in [-0.2, 0) is 13.0 Å². The molecule has 130 valence electrons. The van der Waals surface area contributed by atoms with Crippen LogP contribution in [0.4, 0.5) is 4.39 Å². The van der Waals surface area contributed by atoms with Gasteiger partial charge in [0.1, 0.15) is 17.2 Å². The number of aromatic nitrogens is 3. The summed E-state index contributed by atoms with van der Waals surface area (Å²) in [4.78, 5) is 21.6. The van der Waals surface area contributed by atoms with Crippen LogP contribution in [0.15, 0.2) is 47.4 Å². The van der Waals surface area contributed by atoms with Crippen molar-refractivity contribution >= 4 is 10.9 Å². The fourth-order valence-electron chi connectivity index (χ4n) is 3.18. The molecule has 4 nitrogen and oxygen atoms in total. The van der Waals surface area contributed by atoms with Gasteiger partial charge in [0.05, 0.1) is 10.9 Å². The highest BCUT2D eigenvalue weighted by molar-refractivity contribution is 5.79. The quantitative estimate of drug-likeness (QED) is 0.587. The Bertz CT molecular complexity index is 1090. The van der Waals surface area contributed by atoms with Gasteiger partial charge in [0.25, 0.3) is 5.56 Å². The first-order valence-electron chi connectivity index (χ1n) is 8.67. The minimum Gasteiger partial charge on any atom is -0.296 e. The minimum absolute atomic E-state index is 0.105. The zero-order valence-electron chi connectivity index (χ0n) is 14.5. The maximum Gasteiger partial charge on any atom is 0.261 e. The van der Waals surface area contributed by atoms with Crippen molar-refractivity contribution in [3.05, 3.63) is 70.0 Å². The predicted molar refractivity (Wildman–Crippen MR) is 98.7 cm³/mol. The third kappa shape index (κ3) is 3.23. The molecular formula is C21H18FN3O. The van der Waals surface area contributed by atoms with Crippen LogP contribution in [0.5, 0.6) is 0 Å². The standard InChI is InChI=1S/C21H18FN3O/c1-21(22)10-9-19-24-18-14-15(5-7-16-4-2-3-12-23-16)6-8-17(18)20(26)25(19)13-11-21/h2-4,6,8,12,14H,9-11,13H2,1H3/t21-/m0/s1. The Balaban J connectivity index is 1.76. The van der Waals surface area contributed by atoms with Gasteiger partial charge in [-0.3, -0.25) is 9.36 Å². The van der Waals surface area contributed by atoms with Gasteiger partial charge in [-0.15, -0.1) is 0 Å². The van der Waals surface area contributed by atoms with Gasteiger partial charge < -0.3 is 0 Å². The van der Waals surface area contributed by atoms with Gasteiger partial charge in [-0.2, -0.15) is 0 Å². The second-order valence-electron chi connectivity index (χ2n) is 6.85. The van der Waals surface area contributed by atoms with Gasteiger partial charge in [0.15, 0.2) is 0 Å². The van der Waals surface area contributed by atoms with Gasteiger partial charge in [0, 0.05) is 24.7 Å². The molecule has 0 unspecified atom stereocenters. The largest absolute Gasteiger partial charge is 0.296 e. The van der Waals surface area contributed by atoms with Crippen molar-refractivity contribution in [1.29, 1.82) is 0 Å². The third-order valence-corrected chi connectivity index (χ3v) is 4.76. The lowest BCUT2D eigenvalue weighted by molar-refractivity contribution is 0.162. The Morgan fingerprint density at radius 2 is 2.08 bits per heavy atom. The van der Waals surface area contributed by atoms with Crippen LogP contribution >= 0.6 is 0 Å². The van der Waals surface area contributed by atoms with E-state index in [2.05, 4.69) is 21.8 Å². The maximum atomic E-state index is 14.3. The summed E-state index contributed by atoms with van der Waals surface area (Å²) in [5.41, 5.74) is 0.697. The first-order valence-corrected chi connectivity index (χ1v) is 8.67. The maximum absolute atomic E-state index is 14.3. The fourth-order valence-corrected chi connectivity index (χ4v) is 3.18. The van der Waals surface area contributed by atoms with Crippen LogP contribution < -0.4 is 5.56 Å². The highest BCUT2D eigenvalue weighted by Gasteiger charge is 2.28. The lowest BCUT2D eigenvalue weighted by Gasteiger charge is -2.15. The summed E-state index contributed by atoms with van der Waals surface area (Å²) in [6.45, 7) is 1.96. The van der Waals surface area contributed by atoms with Gasteiger partial charge >= 0.3 is 0 Å². The second kappa shape index (κ2) is 6.38. The van der Waals surface area contributed by atoms with Crippen molar-refractivity contribution in [3.8, 4) is 11.8 Å². The van der Waals surface area contributed by atoms with E-state index in [0.29, 0.717) is 48.2 Å². The number of hydrogen-bond donors (Lipinski definition) is 0. The van der Waals surface area contributed by atoms with Gasteiger partial charge in [0.2, 0.25) is 0 Å². The van der Waals surface area contributed by atoms with E-state index in [4.69, 9.17) is 0 Å². The van der Waals surface area contributed by atoms with Crippen LogP contribution in [0.1, 0.15) is 36.8 Å². The van der Waals surface area contributed by atoms with Crippen molar-refractivity contribution in [2.24, 2.45) is 0 Å². The summed E-state index contributed by atoms with van der Waals surface area (Å²) < 4.78 is 16.0. The molecule has 0 amide bonds. The van der Waals surface area contributed by atoms with E-state index in [1.807, 2.05) is 30.3 Å². The smallest absolute Gasteiger partial charge is 0.261 e. The van der Waals surface area contributed by atoms with E-state index in [0.717, 1.165) is 5.56 Å². The zero-order valence-corrected chi connectivity index (χ0v) is 14.5.